The molecule has 3 aromatic carbocycles. The molecule has 0 heterocycles. The van der Waals surface area contributed by atoms with Gasteiger partial charge < -0.3 is 10.6 Å². The van der Waals surface area contributed by atoms with Crippen molar-refractivity contribution >= 4 is 28.3 Å². The smallest absolute Gasteiger partial charge is 0.252 e. The third-order valence-corrected chi connectivity index (χ3v) is 3.55. The first-order chi connectivity index (χ1) is 11.6. The van der Waals surface area contributed by atoms with Crippen LogP contribution in [0.15, 0.2) is 66.7 Å². The zero-order chi connectivity index (χ0) is 16.9. The monoisotopic (exact) mass is 322 g/mol. The number of nitrogens with one attached hydrogen (secondary N) is 2. The van der Waals surface area contributed by atoms with Crippen LogP contribution in [0.2, 0.25) is 0 Å². The zero-order valence-corrected chi connectivity index (χ0v) is 12.8. The Kier molecular flexibility index (Phi) is 4.52. The van der Waals surface area contributed by atoms with E-state index in [0.29, 0.717) is 11.3 Å². The molecule has 24 heavy (non-hydrogen) atoms. The molecule has 0 aliphatic rings. The fraction of sp³-hybridized carbons (Fsp3) is 0.0526. The fourth-order valence-electron chi connectivity index (χ4n) is 2.45. The van der Waals surface area contributed by atoms with Crippen LogP contribution in [-0.2, 0) is 4.79 Å². The number of carbonyl (C=O) groups is 2. The molecule has 120 valence electrons. The van der Waals surface area contributed by atoms with E-state index in [1.165, 1.54) is 18.2 Å². The van der Waals surface area contributed by atoms with Crippen LogP contribution < -0.4 is 10.6 Å². The van der Waals surface area contributed by atoms with Crippen molar-refractivity contribution in [3.05, 3.63) is 78.1 Å². The Morgan fingerprint density at radius 1 is 0.917 bits per heavy atom. The topological polar surface area (TPSA) is 58.2 Å². The first kappa shape index (κ1) is 15.7. The molecule has 0 aliphatic heterocycles. The lowest BCUT2D eigenvalue weighted by atomic mass is 10.0. The lowest BCUT2D eigenvalue weighted by Gasteiger charge is -2.09. The van der Waals surface area contributed by atoms with Crippen molar-refractivity contribution in [2.75, 3.05) is 11.9 Å². The molecule has 4 nitrogen and oxygen atoms in total. The maximum absolute atomic E-state index is 13.1. The Morgan fingerprint density at radius 3 is 2.50 bits per heavy atom. The first-order valence-electron chi connectivity index (χ1n) is 7.45. The molecule has 0 fully saturated rings. The van der Waals surface area contributed by atoms with Crippen LogP contribution in [0.25, 0.3) is 10.8 Å². The summed E-state index contributed by atoms with van der Waals surface area (Å²) in [5.74, 6) is -1.19. The van der Waals surface area contributed by atoms with Gasteiger partial charge in [-0.05, 0) is 35.0 Å². The quantitative estimate of drug-likeness (QED) is 0.774. The van der Waals surface area contributed by atoms with Crippen LogP contribution in [0, 0.1) is 5.82 Å². The van der Waals surface area contributed by atoms with Crippen LogP contribution in [0.4, 0.5) is 10.1 Å². The number of hydrogen-bond donors (Lipinski definition) is 2. The largest absolute Gasteiger partial charge is 0.343 e. The van der Waals surface area contributed by atoms with Crippen molar-refractivity contribution in [3.8, 4) is 0 Å². The van der Waals surface area contributed by atoms with Gasteiger partial charge in [-0.3, -0.25) is 9.59 Å². The number of rotatable bonds is 4. The molecule has 5 heteroatoms. The van der Waals surface area contributed by atoms with Crippen molar-refractivity contribution in [1.82, 2.24) is 5.32 Å². The van der Waals surface area contributed by atoms with E-state index in [2.05, 4.69) is 10.6 Å². The lowest BCUT2D eigenvalue weighted by Crippen LogP contribution is -2.32. The van der Waals surface area contributed by atoms with E-state index in [1.807, 2.05) is 30.3 Å². The molecule has 2 N–H and O–H groups in total. The van der Waals surface area contributed by atoms with Gasteiger partial charge in [0.25, 0.3) is 5.91 Å². The maximum atomic E-state index is 13.1. The summed E-state index contributed by atoms with van der Waals surface area (Å²) >= 11 is 0. The van der Waals surface area contributed by atoms with Gasteiger partial charge in [0.2, 0.25) is 5.91 Å². The highest BCUT2D eigenvalue weighted by Crippen LogP contribution is 2.18. The van der Waals surface area contributed by atoms with Gasteiger partial charge in [-0.25, -0.2) is 4.39 Å². The summed E-state index contributed by atoms with van der Waals surface area (Å²) in [7, 11) is 0. The van der Waals surface area contributed by atoms with Gasteiger partial charge in [-0.15, -0.1) is 0 Å². The van der Waals surface area contributed by atoms with Crippen molar-refractivity contribution in [3.63, 3.8) is 0 Å². The summed E-state index contributed by atoms with van der Waals surface area (Å²) < 4.78 is 13.1. The molecule has 0 unspecified atom stereocenters. The fourth-order valence-corrected chi connectivity index (χ4v) is 2.45. The van der Waals surface area contributed by atoms with Crippen molar-refractivity contribution < 1.29 is 14.0 Å². The summed E-state index contributed by atoms with van der Waals surface area (Å²) in [5, 5.41) is 6.89. The van der Waals surface area contributed by atoms with Crippen LogP contribution in [0.1, 0.15) is 10.4 Å². The van der Waals surface area contributed by atoms with Crippen LogP contribution in [0.5, 0.6) is 0 Å². The van der Waals surface area contributed by atoms with Gasteiger partial charge in [0.1, 0.15) is 5.82 Å². The average molecular weight is 322 g/mol. The molecule has 0 aliphatic carbocycles. The minimum atomic E-state index is -0.437. The van der Waals surface area contributed by atoms with Crippen LogP contribution in [-0.4, -0.2) is 18.4 Å². The van der Waals surface area contributed by atoms with E-state index >= 15 is 0 Å². The molecule has 0 atom stereocenters. The normalized spacial score (nSPS) is 10.4. The maximum Gasteiger partial charge on any atom is 0.252 e. The molecule has 0 saturated carbocycles. The second kappa shape index (κ2) is 6.91. The highest BCUT2D eigenvalue weighted by atomic mass is 19.1. The molecular weight excluding hydrogens is 307 g/mol. The minimum Gasteiger partial charge on any atom is -0.343 e. The highest BCUT2D eigenvalue weighted by molar-refractivity contribution is 6.08. The third-order valence-electron chi connectivity index (χ3n) is 3.55. The highest BCUT2D eigenvalue weighted by Gasteiger charge is 2.11. The molecule has 0 aromatic heterocycles. The molecule has 0 saturated heterocycles. The average Bonchev–Trinajstić information content (AvgIpc) is 2.59. The number of fused-ring (bicyclic) bond motifs is 1. The molecule has 3 rings (SSSR count). The second-order valence-electron chi connectivity index (χ2n) is 5.27. The summed E-state index contributed by atoms with van der Waals surface area (Å²) in [6.45, 7) is -0.196. The predicted octanol–water partition coefficient (Wildman–Crippen LogP) is 3.35. The van der Waals surface area contributed by atoms with E-state index in [-0.39, 0.29) is 12.5 Å². The summed E-state index contributed by atoms with van der Waals surface area (Å²) in [6.07, 6.45) is 0. The minimum absolute atomic E-state index is 0.196. The molecule has 0 bridgehead atoms. The molecule has 0 radical (unpaired) electrons. The number of amides is 2. The van der Waals surface area contributed by atoms with Crippen molar-refractivity contribution in [1.29, 1.82) is 0 Å². The SMILES string of the molecule is O=C(CNC(=O)c1cccc2ccccc12)Nc1cccc(F)c1. The Morgan fingerprint density at radius 2 is 1.67 bits per heavy atom. The molecule has 3 aromatic rings. The lowest BCUT2D eigenvalue weighted by molar-refractivity contribution is -0.115. The molecule has 2 amide bonds. The molecular formula is C19H15FN2O2. The Labute approximate surface area is 138 Å². The first-order valence-corrected chi connectivity index (χ1v) is 7.45. The van der Waals surface area contributed by atoms with Gasteiger partial charge in [0.05, 0.1) is 6.54 Å². The van der Waals surface area contributed by atoms with E-state index in [0.717, 1.165) is 10.8 Å². The van der Waals surface area contributed by atoms with Gasteiger partial charge in [0.15, 0.2) is 0 Å². The van der Waals surface area contributed by atoms with Crippen molar-refractivity contribution in [2.24, 2.45) is 0 Å². The Balaban J connectivity index is 1.65. The number of anilines is 1. The zero-order valence-electron chi connectivity index (χ0n) is 12.8. The Hall–Kier alpha value is -3.21. The number of carbonyl (C=O) groups excluding carboxylic acids is 2. The van der Waals surface area contributed by atoms with E-state index in [9.17, 15) is 14.0 Å². The Bertz CT molecular complexity index is 903. The van der Waals surface area contributed by atoms with Crippen molar-refractivity contribution in [2.45, 2.75) is 0 Å². The molecule has 0 spiro atoms. The number of benzene rings is 3. The summed E-state index contributed by atoms with van der Waals surface area (Å²) in [6, 6.07) is 18.5. The predicted molar refractivity (Wildman–Crippen MR) is 91.3 cm³/mol. The van der Waals surface area contributed by atoms with Gasteiger partial charge in [-0.2, -0.15) is 0 Å². The number of halogens is 1. The van der Waals surface area contributed by atoms with Gasteiger partial charge in [0, 0.05) is 11.3 Å². The van der Waals surface area contributed by atoms with Crippen LogP contribution in [0.3, 0.4) is 0 Å². The van der Waals surface area contributed by atoms with Crippen LogP contribution >= 0.6 is 0 Å². The third kappa shape index (κ3) is 3.57. The second-order valence-corrected chi connectivity index (χ2v) is 5.27. The van der Waals surface area contributed by atoms with Gasteiger partial charge in [-0.1, -0.05) is 42.5 Å². The summed E-state index contributed by atoms with van der Waals surface area (Å²) in [4.78, 5) is 24.2. The van der Waals surface area contributed by atoms with E-state index in [1.54, 1.807) is 18.2 Å². The van der Waals surface area contributed by atoms with Gasteiger partial charge >= 0.3 is 0 Å². The number of hydrogen-bond acceptors (Lipinski definition) is 2. The van der Waals surface area contributed by atoms with E-state index in [4.69, 9.17) is 0 Å². The van der Waals surface area contributed by atoms with E-state index < -0.39 is 11.7 Å². The standard InChI is InChI=1S/C19H15FN2O2/c20-14-7-4-8-15(11-14)22-18(23)12-21-19(24)17-10-3-6-13-5-1-2-9-16(13)17/h1-11H,12H2,(H,21,24)(H,22,23). The summed E-state index contributed by atoms with van der Waals surface area (Å²) in [5.41, 5.74) is 0.853.